The molecule has 0 amide bonds. The third-order valence-corrected chi connectivity index (χ3v) is 1.95. The molecule has 0 bridgehead atoms. The van der Waals surface area contributed by atoms with Crippen LogP contribution in [0.1, 0.15) is 12.8 Å². The van der Waals surface area contributed by atoms with Crippen LogP contribution in [-0.2, 0) is 0 Å². The predicted octanol–water partition coefficient (Wildman–Crippen LogP) is 2.72. The molecule has 0 saturated carbocycles. The van der Waals surface area contributed by atoms with Crippen molar-refractivity contribution in [1.29, 1.82) is 0 Å². The second-order valence-corrected chi connectivity index (χ2v) is 5.03. The summed E-state index contributed by atoms with van der Waals surface area (Å²) in [5, 5.41) is 1.08. The van der Waals surface area contributed by atoms with Crippen LogP contribution >= 0.6 is 34.8 Å². The number of halogens is 3. The molecule has 0 aliphatic heterocycles. The summed E-state index contributed by atoms with van der Waals surface area (Å²) in [4.78, 5) is 0. The number of alkyl halides is 3. The van der Waals surface area contributed by atoms with Crippen LogP contribution in [-0.4, -0.2) is 20.3 Å². The zero-order chi connectivity index (χ0) is 6.62. The molecule has 0 aromatic carbocycles. The molecule has 0 aliphatic carbocycles. The minimum atomic E-state index is -1.03. The number of hydrogen-bond donors (Lipinski definition) is 0. The van der Waals surface area contributed by atoms with Gasteiger partial charge in [-0.1, -0.05) is 0 Å². The first-order chi connectivity index (χ1) is 3.56. The molecule has 0 fully saturated rings. The van der Waals surface area contributed by atoms with Gasteiger partial charge in [0.2, 0.25) is 0 Å². The van der Waals surface area contributed by atoms with Gasteiger partial charge in [0.1, 0.15) is 0 Å². The van der Waals surface area contributed by atoms with Gasteiger partial charge in [-0.15, -0.1) is 0 Å². The van der Waals surface area contributed by atoms with Crippen LogP contribution in [0, 0.1) is 0 Å². The molecule has 0 rings (SSSR count). The standard InChI is InChI=1S/C4H6Cl3Ge/c5-4(6,7)2-1-3-8/h1-3H2. The van der Waals surface area contributed by atoms with Crippen LogP contribution in [0.5, 0.6) is 0 Å². The fourth-order valence-electron chi connectivity index (χ4n) is 0.289. The number of hydrogen-bond acceptors (Lipinski definition) is 0. The quantitative estimate of drug-likeness (QED) is 0.508. The van der Waals surface area contributed by atoms with Crippen LogP contribution < -0.4 is 0 Å². The molecule has 0 unspecified atom stereocenters. The number of rotatable bonds is 2. The van der Waals surface area contributed by atoms with Gasteiger partial charge in [0, 0.05) is 0 Å². The summed E-state index contributed by atoms with van der Waals surface area (Å²) in [5.41, 5.74) is 0. The average Bonchev–Trinajstić information content (AvgIpc) is 1.59. The van der Waals surface area contributed by atoms with Crippen molar-refractivity contribution in [3.8, 4) is 0 Å². The van der Waals surface area contributed by atoms with Crippen molar-refractivity contribution in [2.75, 3.05) is 0 Å². The molecule has 8 heavy (non-hydrogen) atoms. The Morgan fingerprint density at radius 1 is 1.25 bits per heavy atom. The molecule has 0 saturated heterocycles. The van der Waals surface area contributed by atoms with Crippen molar-refractivity contribution >= 4 is 51.3 Å². The molecule has 4 heteroatoms. The Kier molecular flexibility index (Phi) is 5.02. The summed E-state index contributed by atoms with van der Waals surface area (Å²) < 4.78 is -1.03. The Labute approximate surface area is 73.1 Å². The molecule has 0 heterocycles. The van der Waals surface area contributed by atoms with E-state index < -0.39 is 3.79 Å². The fourth-order valence-corrected chi connectivity index (χ4v) is 1.06. The van der Waals surface area contributed by atoms with Crippen molar-refractivity contribution < 1.29 is 0 Å². The monoisotopic (exact) mass is 233 g/mol. The van der Waals surface area contributed by atoms with E-state index in [1.165, 1.54) is 0 Å². The van der Waals surface area contributed by atoms with E-state index in [1.807, 2.05) is 0 Å². The Bertz CT molecular complexity index is 58.8. The Morgan fingerprint density at radius 3 is 1.88 bits per heavy atom. The van der Waals surface area contributed by atoms with E-state index >= 15 is 0 Å². The summed E-state index contributed by atoms with van der Waals surface area (Å²) >= 11 is 18.4. The summed E-state index contributed by atoms with van der Waals surface area (Å²) in [6.07, 6.45) is 1.64. The second kappa shape index (κ2) is 4.26. The van der Waals surface area contributed by atoms with E-state index in [4.69, 9.17) is 34.8 Å². The van der Waals surface area contributed by atoms with Crippen molar-refractivity contribution in [3.63, 3.8) is 0 Å². The topological polar surface area (TPSA) is 0 Å². The first-order valence-electron chi connectivity index (χ1n) is 2.27. The van der Waals surface area contributed by atoms with Crippen LogP contribution in [0.25, 0.3) is 0 Å². The van der Waals surface area contributed by atoms with Gasteiger partial charge in [0.25, 0.3) is 0 Å². The van der Waals surface area contributed by atoms with Gasteiger partial charge in [-0.05, 0) is 0 Å². The third-order valence-electron chi connectivity index (χ3n) is 0.637. The predicted molar refractivity (Wildman–Crippen MR) is 40.1 cm³/mol. The molecule has 3 radical (unpaired) electrons. The normalized spacial score (nSPS) is 12.0. The first kappa shape index (κ1) is 9.41. The van der Waals surface area contributed by atoms with Gasteiger partial charge in [0.15, 0.2) is 0 Å². The van der Waals surface area contributed by atoms with Crippen molar-refractivity contribution in [1.82, 2.24) is 0 Å². The minimum absolute atomic E-state index is 0.661. The fraction of sp³-hybridized carbons (Fsp3) is 1.00. The van der Waals surface area contributed by atoms with E-state index in [9.17, 15) is 0 Å². The summed E-state index contributed by atoms with van der Waals surface area (Å²) in [6, 6.07) is 0. The molecule has 0 aromatic rings. The van der Waals surface area contributed by atoms with E-state index in [0.717, 1.165) is 11.7 Å². The maximum absolute atomic E-state index is 5.44. The molecule has 0 N–H and O–H groups in total. The second-order valence-electron chi connectivity index (χ2n) is 1.47. The maximum atomic E-state index is 5.44. The molecule has 0 aliphatic rings. The van der Waals surface area contributed by atoms with Crippen molar-refractivity contribution in [2.45, 2.75) is 21.9 Å². The molecule has 0 atom stereocenters. The first-order valence-corrected chi connectivity index (χ1v) is 4.89. The van der Waals surface area contributed by atoms with Gasteiger partial charge < -0.3 is 0 Å². The Morgan fingerprint density at radius 2 is 1.75 bits per heavy atom. The van der Waals surface area contributed by atoms with E-state index in [0.29, 0.717) is 6.42 Å². The van der Waals surface area contributed by atoms with E-state index in [1.54, 1.807) is 0 Å². The summed E-state index contributed by atoms with van der Waals surface area (Å²) in [5.74, 6) is 0. The molecule has 0 nitrogen and oxygen atoms in total. The summed E-state index contributed by atoms with van der Waals surface area (Å²) in [7, 11) is 0. The van der Waals surface area contributed by atoms with Crippen LogP contribution in [0.3, 0.4) is 0 Å². The van der Waals surface area contributed by atoms with Crippen molar-refractivity contribution in [2.24, 2.45) is 0 Å². The Hall–Kier alpha value is 1.41. The van der Waals surface area contributed by atoms with Gasteiger partial charge in [-0.2, -0.15) is 0 Å². The van der Waals surface area contributed by atoms with Crippen LogP contribution in [0.4, 0.5) is 0 Å². The zero-order valence-corrected chi connectivity index (χ0v) is 8.62. The third kappa shape index (κ3) is 7.41. The molecule has 47 valence electrons. The van der Waals surface area contributed by atoms with E-state index in [-0.39, 0.29) is 0 Å². The van der Waals surface area contributed by atoms with Crippen LogP contribution in [0.15, 0.2) is 0 Å². The van der Waals surface area contributed by atoms with Crippen molar-refractivity contribution in [3.05, 3.63) is 0 Å². The molecular formula is C4H6Cl3Ge. The zero-order valence-electron chi connectivity index (χ0n) is 4.26. The van der Waals surface area contributed by atoms with Crippen LogP contribution in [0.2, 0.25) is 5.25 Å². The molecule has 0 aromatic heterocycles. The van der Waals surface area contributed by atoms with Gasteiger partial charge in [-0.25, -0.2) is 0 Å². The van der Waals surface area contributed by atoms with Gasteiger partial charge in [-0.3, -0.25) is 0 Å². The van der Waals surface area contributed by atoms with Gasteiger partial charge >= 0.3 is 73.2 Å². The average molecular weight is 233 g/mol. The Balaban J connectivity index is 3.11. The van der Waals surface area contributed by atoms with E-state index in [2.05, 4.69) is 16.5 Å². The molecular weight excluding hydrogens is 227 g/mol. The molecule has 0 spiro atoms. The summed E-state index contributed by atoms with van der Waals surface area (Å²) in [6.45, 7) is 0. The van der Waals surface area contributed by atoms with Gasteiger partial charge in [0.05, 0.1) is 0 Å². The SMILES string of the molecule is ClC(Cl)(Cl)CC[CH2][Ge].